The lowest BCUT2D eigenvalue weighted by molar-refractivity contribution is 0.0780. The third kappa shape index (κ3) is 5.79. The van der Waals surface area contributed by atoms with Crippen molar-refractivity contribution in [2.75, 3.05) is 13.1 Å². The van der Waals surface area contributed by atoms with Crippen LogP contribution >= 0.6 is 0 Å². The van der Waals surface area contributed by atoms with Crippen molar-refractivity contribution < 1.29 is 0 Å². The average molecular weight is 419 g/mol. The van der Waals surface area contributed by atoms with Crippen molar-refractivity contribution in [2.24, 2.45) is 0 Å². The predicted octanol–water partition coefficient (Wildman–Crippen LogP) is 7.39. The Morgan fingerprint density at radius 3 is 1.48 bits per heavy atom. The van der Waals surface area contributed by atoms with Gasteiger partial charge in [-0.2, -0.15) is 0 Å². The lowest BCUT2D eigenvalue weighted by Gasteiger charge is -2.42. The minimum absolute atomic E-state index is 0.538. The third-order valence-corrected chi connectivity index (χ3v) is 7.98. The Kier molecular flexibility index (Phi) is 8.21. The Bertz CT molecular complexity index is 693. The highest BCUT2D eigenvalue weighted by atomic mass is 15.2. The summed E-state index contributed by atoms with van der Waals surface area (Å²) < 4.78 is 0. The van der Waals surface area contributed by atoms with Crippen LogP contribution < -0.4 is 0 Å². The summed E-state index contributed by atoms with van der Waals surface area (Å²) in [5.74, 6) is 0. The van der Waals surface area contributed by atoms with Crippen LogP contribution in [0.2, 0.25) is 0 Å². The van der Waals surface area contributed by atoms with Gasteiger partial charge in [0, 0.05) is 24.2 Å². The summed E-state index contributed by atoms with van der Waals surface area (Å²) in [4.78, 5) is 5.62. The Balaban J connectivity index is 1.34. The Hall–Kier alpha value is -1.64. The maximum absolute atomic E-state index is 2.81. The van der Waals surface area contributed by atoms with E-state index in [0.717, 1.165) is 12.1 Å². The second kappa shape index (κ2) is 11.3. The molecule has 0 aliphatic carbocycles. The highest BCUT2D eigenvalue weighted by molar-refractivity contribution is 5.19. The van der Waals surface area contributed by atoms with Gasteiger partial charge >= 0.3 is 0 Å². The highest BCUT2D eigenvalue weighted by Crippen LogP contribution is 2.33. The summed E-state index contributed by atoms with van der Waals surface area (Å²) in [5, 5.41) is 0. The van der Waals surface area contributed by atoms with Crippen molar-refractivity contribution >= 4 is 0 Å². The normalized spacial score (nSPS) is 25.2. The third-order valence-electron chi connectivity index (χ3n) is 7.98. The van der Waals surface area contributed by atoms with Crippen LogP contribution in [0, 0.1) is 0 Å². The molecule has 2 aromatic rings. The molecule has 2 nitrogen and oxygen atoms in total. The SMILES string of the molecule is C[C@H](c1ccccc1)N1CCCCC1CCCC1CCCCN1[C@H](C)c1ccccc1. The Morgan fingerprint density at radius 2 is 1.06 bits per heavy atom. The lowest BCUT2D eigenvalue weighted by atomic mass is 9.90. The van der Waals surface area contributed by atoms with Gasteiger partial charge in [0.1, 0.15) is 0 Å². The van der Waals surface area contributed by atoms with Crippen LogP contribution in [0.5, 0.6) is 0 Å². The van der Waals surface area contributed by atoms with Crippen LogP contribution in [0.15, 0.2) is 60.7 Å². The number of hydrogen-bond donors (Lipinski definition) is 0. The second-order valence-corrected chi connectivity index (χ2v) is 9.88. The van der Waals surface area contributed by atoms with Gasteiger partial charge in [-0.05, 0) is 76.6 Å². The minimum atomic E-state index is 0.538. The van der Waals surface area contributed by atoms with Crippen LogP contribution in [0.1, 0.15) is 94.8 Å². The van der Waals surface area contributed by atoms with E-state index in [9.17, 15) is 0 Å². The van der Waals surface area contributed by atoms with E-state index < -0.39 is 0 Å². The first-order valence-electron chi connectivity index (χ1n) is 12.9. The largest absolute Gasteiger partial charge is 0.294 e. The maximum atomic E-state index is 2.81. The van der Waals surface area contributed by atoms with Crippen molar-refractivity contribution in [3.05, 3.63) is 71.8 Å². The molecule has 2 saturated heterocycles. The van der Waals surface area contributed by atoms with Crippen LogP contribution in [0.3, 0.4) is 0 Å². The number of hydrogen-bond acceptors (Lipinski definition) is 2. The number of benzene rings is 2. The molecule has 2 heterocycles. The molecule has 0 aromatic heterocycles. The zero-order chi connectivity index (χ0) is 21.5. The molecule has 2 fully saturated rings. The van der Waals surface area contributed by atoms with Crippen LogP contribution in [-0.4, -0.2) is 35.0 Å². The fourth-order valence-electron chi connectivity index (χ4n) is 6.12. The fourth-order valence-corrected chi connectivity index (χ4v) is 6.12. The lowest BCUT2D eigenvalue weighted by Crippen LogP contribution is -2.42. The molecule has 2 heteroatoms. The van der Waals surface area contributed by atoms with Gasteiger partial charge in [-0.1, -0.05) is 79.9 Å². The zero-order valence-corrected chi connectivity index (χ0v) is 19.8. The first kappa shape index (κ1) is 22.6. The zero-order valence-electron chi connectivity index (χ0n) is 19.8. The van der Waals surface area contributed by atoms with Gasteiger partial charge in [0.15, 0.2) is 0 Å². The van der Waals surface area contributed by atoms with Crippen molar-refractivity contribution in [3.8, 4) is 0 Å². The average Bonchev–Trinajstić information content (AvgIpc) is 2.85. The van der Waals surface area contributed by atoms with E-state index in [1.54, 1.807) is 0 Å². The molecule has 2 unspecified atom stereocenters. The summed E-state index contributed by atoms with van der Waals surface area (Å²) in [7, 11) is 0. The standard InChI is InChI=1S/C29H42N2/c1-24(26-14-5-3-6-15-26)30-22-11-9-18-28(30)20-13-21-29-19-10-12-23-31(29)25(2)27-16-7-4-8-17-27/h3-8,14-17,24-25,28-29H,9-13,18-23H2,1-2H3/t24-,25-,28?,29?/m1/s1. The summed E-state index contributed by atoms with van der Waals surface area (Å²) in [5.41, 5.74) is 2.95. The van der Waals surface area contributed by atoms with E-state index in [0.29, 0.717) is 12.1 Å². The number of likely N-dealkylation sites (tertiary alicyclic amines) is 2. The van der Waals surface area contributed by atoms with Crippen LogP contribution in [-0.2, 0) is 0 Å². The number of nitrogens with zero attached hydrogens (tertiary/aromatic N) is 2. The predicted molar refractivity (Wildman–Crippen MR) is 132 cm³/mol. The summed E-state index contributed by atoms with van der Waals surface area (Å²) in [6.07, 6.45) is 12.4. The van der Waals surface area contributed by atoms with Gasteiger partial charge in [-0.3, -0.25) is 9.80 Å². The van der Waals surface area contributed by atoms with E-state index in [4.69, 9.17) is 0 Å². The molecule has 2 aliphatic heterocycles. The van der Waals surface area contributed by atoms with E-state index in [2.05, 4.69) is 84.3 Å². The van der Waals surface area contributed by atoms with Crippen molar-refractivity contribution in [1.82, 2.24) is 9.80 Å². The van der Waals surface area contributed by atoms with Gasteiger partial charge in [0.05, 0.1) is 0 Å². The molecule has 0 N–H and O–H groups in total. The molecule has 4 rings (SSSR count). The van der Waals surface area contributed by atoms with Crippen LogP contribution in [0.4, 0.5) is 0 Å². The van der Waals surface area contributed by atoms with Crippen LogP contribution in [0.25, 0.3) is 0 Å². The Labute approximate surface area is 190 Å². The van der Waals surface area contributed by atoms with E-state index in [1.807, 2.05) is 0 Å². The van der Waals surface area contributed by atoms with Gasteiger partial charge in [-0.15, -0.1) is 0 Å². The van der Waals surface area contributed by atoms with E-state index in [-0.39, 0.29) is 0 Å². The monoisotopic (exact) mass is 418 g/mol. The van der Waals surface area contributed by atoms with Crippen molar-refractivity contribution in [2.45, 2.75) is 95.8 Å². The molecule has 0 saturated carbocycles. The minimum Gasteiger partial charge on any atom is -0.294 e. The molecule has 0 spiro atoms. The van der Waals surface area contributed by atoms with E-state index >= 15 is 0 Å². The second-order valence-electron chi connectivity index (χ2n) is 9.88. The smallest absolute Gasteiger partial charge is 0.0322 e. The first-order valence-corrected chi connectivity index (χ1v) is 12.9. The van der Waals surface area contributed by atoms with Gasteiger partial charge in [0.2, 0.25) is 0 Å². The molecule has 0 amide bonds. The molecule has 4 atom stereocenters. The number of rotatable bonds is 8. The molecule has 2 aromatic carbocycles. The summed E-state index contributed by atoms with van der Waals surface area (Å²) >= 11 is 0. The molecule has 0 radical (unpaired) electrons. The molecule has 31 heavy (non-hydrogen) atoms. The van der Waals surface area contributed by atoms with Gasteiger partial charge in [0.25, 0.3) is 0 Å². The van der Waals surface area contributed by atoms with Crippen molar-refractivity contribution in [1.29, 1.82) is 0 Å². The topological polar surface area (TPSA) is 6.48 Å². The molecular weight excluding hydrogens is 376 g/mol. The summed E-state index contributed by atoms with van der Waals surface area (Å²) in [6, 6.07) is 24.9. The maximum Gasteiger partial charge on any atom is 0.0322 e. The fraction of sp³-hybridized carbons (Fsp3) is 0.586. The molecule has 0 bridgehead atoms. The van der Waals surface area contributed by atoms with Gasteiger partial charge < -0.3 is 0 Å². The molecular formula is C29H42N2. The molecule has 168 valence electrons. The quantitative estimate of drug-likeness (QED) is 0.441. The van der Waals surface area contributed by atoms with E-state index in [1.165, 1.54) is 82.0 Å². The first-order chi connectivity index (χ1) is 15.2. The summed E-state index contributed by atoms with van der Waals surface area (Å²) in [6.45, 7) is 7.36. The van der Waals surface area contributed by atoms with Crippen molar-refractivity contribution in [3.63, 3.8) is 0 Å². The molecule has 2 aliphatic rings. The highest BCUT2D eigenvalue weighted by Gasteiger charge is 2.29. The number of piperidine rings is 2. The Morgan fingerprint density at radius 1 is 0.645 bits per heavy atom. The van der Waals surface area contributed by atoms with Gasteiger partial charge in [-0.25, -0.2) is 0 Å².